The molecule has 0 aromatic carbocycles. The number of carbonyl (C=O) groups excluding carboxylic acids is 4. The van der Waals surface area contributed by atoms with Gasteiger partial charge >= 0.3 is 18.3 Å². The number of likely N-dealkylation sites (N-methyl/N-ethyl adjacent to an activating group) is 1. The highest BCUT2D eigenvalue weighted by atomic mass is 19.4. The second-order valence-corrected chi connectivity index (χ2v) is 12.4. The first-order chi connectivity index (χ1) is 18.6. The van der Waals surface area contributed by atoms with Crippen LogP contribution in [0.2, 0.25) is 0 Å². The molecule has 3 fully saturated rings. The molecule has 41 heavy (non-hydrogen) atoms. The number of hydrogen-bond donors (Lipinski definition) is 3. The van der Waals surface area contributed by atoms with E-state index in [1.165, 1.54) is 5.32 Å². The van der Waals surface area contributed by atoms with Crippen LogP contribution in [0.15, 0.2) is 0 Å². The zero-order chi connectivity index (χ0) is 31.3. The Balaban J connectivity index is 1.81. The van der Waals surface area contributed by atoms with Crippen molar-refractivity contribution < 1.29 is 45.5 Å². The van der Waals surface area contributed by atoms with E-state index in [-0.39, 0.29) is 24.8 Å². The summed E-state index contributed by atoms with van der Waals surface area (Å²) in [6, 6.07) is -2.48. The molecule has 0 unspecified atom stereocenters. The lowest BCUT2D eigenvalue weighted by atomic mass is 9.91. The minimum Gasteiger partial charge on any atom is -0.351 e. The van der Waals surface area contributed by atoms with Gasteiger partial charge in [-0.2, -0.15) is 31.6 Å². The van der Waals surface area contributed by atoms with Crippen LogP contribution in [0, 0.1) is 34.5 Å². The molecule has 10 nitrogen and oxygen atoms in total. The summed E-state index contributed by atoms with van der Waals surface area (Å²) in [6.07, 6.45) is -9.73. The summed E-state index contributed by atoms with van der Waals surface area (Å²) in [5.41, 5.74) is -0.936. The number of nitrogens with zero attached hydrogens (tertiary/aromatic N) is 3. The lowest BCUT2D eigenvalue weighted by molar-refractivity contribution is -0.175. The van der Waals surface area contributed by atoms with Crippen LogP contribution in [-0.4, -0.2) is 96.1 Å². The van der Waals surface area contributed by atoms with Crippen molar-refractivity contribution >= 4 is 23.6 Å². The Labute approximate surface area is 233 Å². The third kappa shape index (κ3) is 7.41. The molecule has 0 aromatic heterocycles. The number of halogens is 6. The number of piperidine rings is 1. The van der Waals surface area contributed by atoms with Crippen LogP contribution in [0.25, 0.3) is 0 Å². The number of carbonyl (C=O) groups is 4. The van der Waals surface area contributed by atoms with Gasteiger partial charge in [0, 0.05) is 24.5 Å². The van der Waals surface area contributed by atoms with Crippen molar-refractivity contribution in [1.29, 1.82) is 5.26 Å². The Hall–Kier alpha value is -3.09. The van der Waals surface area contributed by atoms with E-state index in [1.807, 2.05) is 33.8 Å². The Kier molecular flexibility index (Phi) is 8.66. The first-order valence-electron chi connectivity index (χ1n) is 13.0. The van der Waals surface area contributed by atoms with Gasteiger partial charge in [0.25, 0.3) is 0 Å². The highest BCUT2D eigenvalue weighted by molar-refractivity contribution is 5.94. The van der Waals surface area contributed by atoms with Crippen LogP contribution in [0.4, 0.5) is 26.3 Å². The van der Waals surface area contributed by atoms with Crippen LogP contribution >= 0.6 is 0 Å². The number of likely N-dealkylation sites (tertiary alicyclic amines) is 1. The summed E-state index contributed by atoms with van der Waals surface area (Å²) in [5, 5.41) is 16.5. The molecule has 2 heterocycles. The van der Waals surface area contributed by atoms with Crippen LogP contribution in [-0.2, 0) is 19.2 Å². The average Bonchev–Trinajstić information content (AvgIpc) is 3.09. The third-order valence-electron chi connectivity index (χ3n) is 8.15. The zero-order valence-electron chi connectivity index (χ0n) is 23.2. The van der Waals surface area contributed by atoms with Gasteiger partial charge < -0.3 is 20.9 Å². The van der Waals surface area contributed by atoms with Gasteiger partial charge in [0.1, 0.15) is 18.1 Å². The molecule has 3 rings (SSSR count). The first kappa shape index (κ1) is 32.4. The lowest BCUT2D eigenvalue weighted by Gasteiger charge is -2.34. The van der Waals surface area contributed by atoms with E-state index in [4.69, 9.17) is 0 Å². The van der Waals surface area contributed by atoms with Crippen molar-refractivity contribution in [3.05, 3.63) is 0 Å². The van der Waals surface area contributed by atoms with Crippen molar-refractivity contribution in [2.75, 3.05) is 26.7 Å². The molecule has 3 N–H and O–H groups in total. The predicted octanol–water partition coefficient (Wildman–Crippen LogP) is 1.32. The Morgan fingerprint density at radius 2 is 1.76 bits per heavy atom. The summed E-state index contributed by atoms with van der Waals surface area (Å²) in [5.74, 6) is -5.95. The van der Waals surface area contributed by atoms with Crippen LogP contribution < -0.4 is 16.0 Å². The summed E-state index contributed by atoms with van der Waals surface area (Å²) in [4.78, 5) is 52.5. The molecule has 1 aliphatic carbocycles. The maximum Gasteiger partial charge on any atom is 0.471 e. The quantitative estimate of drug-likeness (QED) is 0.344. The van der Waals surface area contributed by atoms with Crippen molar-refractivity contribution in [3.63, 3.8) is 0 Å². The Morgan fingerprint density at radius 1 is 1.15 bits per heavy atom. The molecule has 2 aliphatic heterocycles. The van der Waals surface area contributed by atoms with Gasteiger partial charge in [0.05, 0.1) is 12.6 Å². The van der Waals surface area contributed by atoms with Gasteiger partial charge in [0.2, 0.25) is 17.7 Å². The second kappa shape index (κ2) is 11.0. The molecule has 4 amide bonds. The van der Waals surface area contributed by atoms with Crippen molar-refractivity contribution in [3.8, 4) is 6.07 Å². The molecule has 1 saturated carbocycles. The lowest BCUT2D eigenvalue weighted by Crippen LogP contribution is -2.60. The molecule has 0 spiro atoms. The number of hydrogen-bond acceptors (Lipinski definition) is 6. The summed E-state index contributed by atoms with van der Waals surface area (Å²) in [7, 11) is 0.931. The molecule has 0 radical (unpaired) electrons. The van der Waals surface area contributed by atoms with Gasteiger partial charge in [-0.05, 0) is 51.0 Å². The minimum atomic E-state index is -5.41. The van der Waals surface area contributed by atoms with Gasteiger partial charge in [-0.1, -0.05) is 13.8 Å². The molecule has 2 saturated heterocycles. The van der Waals surface area contributed by atoms with Gasteiger partial charge in [-0.25, -0.2) is 0 Å². The van der Waals surface area contributed by atoms with Crippen LogP contribution in [0.5, 0.6) is 0 Å². The summed E-state index contributed by atoms with van der Waals surface area (Å²) in [6.45, 7) is 4.73. The van der Waals surface area contributed by atoms with Gasteiger partial charge in [0.15, 0.2) is 0 Å². The largest absolute Gasteiger partial charge is 0.471 e. The number of nitrogens with one attached hydrogen (secondary N) is 3. The SMILES string of the molecule is CN(C[C@H](NC(=O)C(F)(F)F)C(=O)N1C[C@H]2[C@@H]([C@H]1C(=O)N[C@H](C#N)C[C@@H]1CC(C)(C)NC1=O)C2(C)C)CC(F)(F)F. The summed E-state index contributed by atoms with van der Waals surface area (Å²) < 4.78 is 77.7. The maximum atomic E-state index is 13.5. The highest BCUT2D eigenvalue weighted by Crippen LogP contribution is 2.65. The number of rotatable bonds is 9. The number of amides is 4. The molecule has 16 heteroatoms. The monoisotopic (exact) mass is 596 g/mol. The van der Waals surface area contributed by atoms with E-state index in [2.05, 4.69) is 10.6 Å². The van der Waals surface area contributed by atoms with E-state index in [1.54, 1.807) is 0 Å². The summed E-state index contributed by atoms with van der Waals surface area (Å²) >= 11 is 0. The van der Waals surface area contributed by atoms with Crippen LogP contribution in [0.3, 0.4) is 0 Å². The normalized spacial score (nSPS) is 27.9. The van der Waals surface area contributed by atoms with E-state index < -0.39 is 84.1 Å². The second-order valence-electron chi connectivity index (χ2n) is 12.4. The highest BCUT2D eigenvalue weighted by Gasteiger charge is 2.69. The van der Waals surface area contributed by atoms with Crippen molar-refractivity contribution in [2.24, 2.45) is 23.2 Å². The predicted molar refractivity (Wildman–Crippen MR) is 130 cm³/mol. The fraction of sp³-hybridized carbons (Fsp3) is 0.800. The fourth-order valence-corrected chi connectivity index (χ4v) is 6.19. The smallest absolute Gasteiger partial charge is 0.351 e. The Bertz CT molecular complexity index is 1120. The minimum absolute atomic E-state index is 0.0117. The van der Waals surface area contributed by atoms with Crippen molar-refractivity contribution in [2.45, 2.75) is 76.6 Å². The Morgan fingerprint density at radius 3 is 2.24 bits per heavy atom. The molecule has 230 valence electrons. The third-order valence-corrected chi connectivity index (χ3v) is 8.15. The molecule has 0 bridgehead atoms. The topological polar surface area (TPSA) is 135 Å². The maximum absolute atomic E-state index is 13.5. The van der Waals surface area contributed by atoms with Crippen LogP contribution in [0.1, 0.15) is 40.5 Å². The van der Waals surface area contributed by atoms with E-state index in [9.17, 15) is 50.8 Å². The molecular formula is C25H34F6N6O4. The molecule has 3 aliphatic rings. The van der Waals surface area contributed by atoms with E-state index in [0.29, 0.717) is 11.3 Å². The zero-order valence-corrected chi connectivity index (χ0v) is 23.2. The van der Waals surface area contributed by atoms with Gasteiger partial charge in [-0.15, -0.1) is 0 Å². The number of alkyl halides is 6. The van der Waals surface area contributed by atoms with Crippen molar-refractivity contribution in [1.82, 2.24) is 25.8 Å². The van der Waals surface area contributed by atoms with E-state index >= 15 is 0 Å². The van der Waals surface area contributed by atoms with Gasteiger partial charge in [-0.3, -0.25) is 24.1 Å². The standard InChI is InChI=1S/C25H34F6N6O4/c1-22(2)7-12(18(38)35-22)6-13(8-32)33-19(39)17-16-14(23(16,3)4)9-37(17)20(40)15(34-21(41)25(29,30)31)10-36(5)11-24(26,27)28/h12-17H,6-7,9-11H2,1-5H3,(H,33,39)(H,34,41)(H,35,38)/t12-,13+,14+,15+,16+,17+/m1/s1. The average molecular weight is 597 g/mol. The molecule has 6 atom stereocenters. The number of nitriles is 1. The first-order valence-corrected chi connectivity index (χ1v) is 13.0. The van der Waals surface area contributed by atoms with E-state index in [0.717, 1.165) is 11.9 Å². The fourth-order valence-electron chi connectivity index (χ4n) is 6.19. The molecular weight excluding hydrogens is 562 g/mol. The molecule has 0 aromatic rings. The number of fused-ring (bicyclic) bond motifs is 1.